The Morgan fingerprint density at radius 3 is 2.81 bits per heavy atom. The Bertz CT molecular complexity index is 348. The lowest BCUT2D eigenvalue weighted by Crippen LogP contribution is -2.40. The topological polar surface area (TPSA) is 15.3 Å². The molecule has 88 valence electrons. The summed E-state index contributed by atoms with van der Waals surface area (Å²) in [6, 6.07) is 9.92. The summed E-state index contributed by atoms with van der Waals surface area (Å²) in [6.07, 6.45) is 2.40. The van der Waals surface area contributed by atoms with Gasteiger partial charge in [0.1, 0.15) is 0 Å². The van der Waals surface area contributed by atoms with Crippen molar-refractivity contribution in [1.29, 1.82) is 0 Å². The van der Waals surface area contributed by atoms with Gasteiger partial charge in [0, 0.05) is 12.1 Å². The van der Waals surface area contributed by atoms with Gasteiger partial charge in [-0.1, -0.05) is 31.2 Å². The van der Waals surface area contributed by atoms with Gasteiger partial charge in [0.15, 0.2) is 0 Å². The summed E-state index contributed by atoms with van der Waals surface area (Å²) in [5.41, 5.74) is 2.99. The van der Waals surface area contributed by atoms with Crippen LogP contribution in [-0.2, 0) is 6.42 Å². The molecule has 1 N–H and O–H groups in total. The first kappa shape index (κ1) is 11.6. The fraction of sp³-hybridized carbons (Fsp3) is 0.571. The molecular formula is C14H22N2. The Labute approximate surface area is 98.7 Å². The molecule has 0 saturated heterocycles. The molecule has 1 aromatic carbocycles. The average molecular weight is 218 g/mol. The molecule has 0 heterocycles. The first-order chi connectivity index (χ1) is 7.77. The van der Waals surface area contributed by atoms with Crippen molar-refractivity contribution in [1.82, 2.24) is 10.2 Å². The minimum absolute atomic E-state index is 0.493. The summed E-state index contributed by atoms with van der Waals surface area (Å²) in [5, 5.41) is 3.47. The zero-order chi connectivity index (χ0) is 11.5. The molecule has 16 heavy (non-hydrogen) atoms. The van der Waals surface area contributed by atoms with Crippen LogP contribution in [0.15, 0.2) is 24.3 Å². The van der Waals surface area contributed by atoms with Crippen molar-refractivity contribution in [3.05, 3.63) is 35.4 Å². The van der Waals surface area contributed by atoms with Gasteiger partial charge < -0.3 is 10.2 Å². The van der Waals surface area contributed by atoms with Crippen LogP contribution in [0.1, 0.15) is 30.5 Å². The predicted octanol–water partition coefficient (Wildman–Crippen LogP) is 2.21. The zero-order valence-electron chi connectivity index (χ0n) is 10.5. The molecule has 0 bridgehead atoms. The van der Waals surface area contributed by atoms with E-state index in [4.69, 9.17) is 0 Å². The van der Waals surface area contributed by atoms with Crippen LogP contribution in [0.3, 0.4) is 0 Å². The van der Waals surface area contributed by atoms with E-state index in [9.17, 15) is 0 Å². The summed E-state index contributed by atoms with van der Waals surface area (Å²) < 4.78 is 0. The van der Waals surface area contributed by atoms with E-state index in [2.05, 4.69) is 55.5 Å². The largest absolute Gasteiger partial charge is 0.312 e. The van der Waals surface area contributed by atoms with Crippen LogP contribution in [0.5, 0.6) is 0 Å². The third-order valence-corrected chi connectivity index (χ3v) is 3.66. The van der Waals surface area contributed by atoms with Crippen LogP contribution in [-0.4, -0.2) is 31.6 Å². The molecule has 2 nitrogen and oxygen atoms in total. The Morgan fingerprint density at radius 2 is 2.12 bits per heavy atom. The molecule has 2 unspecified atom stereocenters. The molecule has 0 amide bonds. The molecule has 2 atom stereocenters. The number of hydrogen-bond acceptors (Lipinski definition) is 2. The Hall–Kier alpha value is -0.860. The molecule has 0 fully saturated rings. The lowest BCUT2D eigenvalue weighted by Gasteiger charge is -2.29. The first-order valence-corrected chi connectivity index (χ1v) is 6.23. The molecule has 0 saturated carbocycles. The summed E-state index contributed by atoms with van der Waals surface area (Å²) >= 11 is 0. The van der Waals surface area contributed by atoms with E-state index < -0.39 is 0 Å². The van der Waals surface area contributed by atoms with Crippen LogP contribution < -0.4 is 5.32 Å². The molecule has 2 heteroatoms. The van der Waals surface area contributed by atoms with Gasteiger partial charge in [-0.2, -0.15) is 0 Å². The fourth-order valence-electron chi connectivity index (χ4n) is 2.85. The van der Waals surface area contributed by atoms with E-state index in [0.717, 1.165) is 0 Å². The van der Waals surface area contributed by atoms with Crippen molar-refractivity contribution in [2.75, 3.05) is 20.6 Å². The second-order valence-corrected chi connectivity index (χ2v) is 4.72. The fourth-order valence-corrected chi connectivity index (χ4v) is 2.85. The van der Waals surface area contributed by atoms with E-state index in [1.165, 1.54) is 30.5 Å². The zero-order valence-corrected chi connectivity index (χ0v) is 10.5. The second kappa shape index (κ2) is 4.98. The highest BCUT2D eigenvalue weighted by Gasteiger charge is 2.33. The van der Waals surface area contributed by atoms with E-state index in [-0.39, 0.29) is 0 Å². The smallest absolute Gasteiger partial charge is 0.0481 e. The number of nitrogens with zero attached hydrogens (tertiary/aromatic N) is 1. The highest BCUT2D eigenvalue weighted by Crippen LogP contribution is 2.33. The lowest BCUT2D eigenvalue weighted by atomic mass is 10.1. The standard InChI is InChI=1S/C14H22N2/c1-4-9-16(3)13-10-11-7-5-6-8-12(11)14(13)15-2/h5-8,13-15H,4,9-10H2,1-3H3. The van der Waals surface area contributed by atoms with Gasteiger partial charge >= 0.3 is 0 Å². The minimum atomic E-state index is 0.493. The maximum atomic E-state index is 3.47. The Balaban J connectivity index is 2.20. The number of likely N-dealkylation sites (N-methyl/N-ethyl adjacent to an activating group) is 2. The lowest BCUT2D eigenvalue weighted by molar-refractivity contribution is 0.209. The van der Waals surface area contributed by atoms with Crippen LogP contribution in [0.25, 0.3) is 0 Å². The van der Waals surface area contributed by atoms with Gasteiger partial charge in [-0.25, -0.2) is 0 Å². The quantitative estimate of drug-likeness (QED) is 0.833. The van der Waals surface area contributed by atoms with Crippen molar-refractivity contribution in [3.63, 3.8) is 0 Å². The van der Waals surface area contributed by atoms with Crippen molar-refractivity contribution in [2.45, 2.75) is 31.8 Å². The van der Waals surface area contributed by atoms with Crippen LogP contribution in [0, 0.1) is 0 Å². The van der Waals surface area contributed by atoms with Crippen LogP contribution >= 0.6 is 0 Å². The third-order valence-electron chi connectivity index (χ3n) is 3.66. The molecule has 2 rings (SSSR count). The highest BCUT2D eigenvalue weighted by atomic mass is 15.2. The second-order valence-electron chi connectivity index (χ2n) is 4.72. The number of fused-ring (bicyclic) bond motifs is 1. The third kappa shape index (κ3) is 2.00. The SMILES string of the molecule is CCCN(C)C1Cc2ccccc2C1NC. The maximum absolute atomic E-state index is 3.47. The van der Waals surface area contributed by atoms with Crippen molar-refractivity contribution in [2.24, 2.45) is 0 Å². The Kier molecular flexibility index (Phi) is 3.62. The molecule has 0 radical (unpaired) electrons. The predicted molar refractivity (Wildman–Crippen MR) is 68.7 cm³/mol. The number of rotatable bonds is 4. The summed E-state index contributed by atoms with van der Waals surface area (Å²) in [5.74, 6) is 0. The van der Waals surface area contributed by atoms with Gasteiger partial charge in [0.05, 0.1) is 0 Å². The normalized spacial score (nSPS) is 23.8. The summed E-state index contributed by atoms with van der Waals surface area (Å²) in [6.45, 7) is 3.42. The van der Waals surface area contributed by atoms with E-state index in [0.29, 0.717) is 12.1 Å². The molecular weight excluding hydrogens is 196 g/mol. The number of hydrogen-bond donors (Lipinski definition) is 1. The molecule has 0 spiro atoms. The molecule has 0 aliphatic heterocycles. The van der Waals surface area contributed by atoms with Crippen molar-refractivity contribution >= 4 is 0 Å². The average Bonchev–Trinajstić information content (AvgIpc) is 2.67. The number of benzene rings is 1. The van der Waals surface area contributed by atoms with Gasteiger partial charge in [0.2, 0.25) is 0 Å². The van der Waals surface area contributed by atoms with Crippen LogP contribution in [0.2, 0.25) is 0 Å². The van der Waals surface area contributed by atoms with Crippen molar-refractivity contribution < 1.29 is 0 Å². The van der Waals surface area contributed by atoms with E-state index in [1.807, 2.05) is 0 Å². The summed E-state index contributed by atoms with van der Waals surface area (Å²) in [7, 11) is 4.31. The van der Waals surface area contributed by atoms with Crippen LogP contribution in [0.4, 0.5) is 0 Å². The van der Waals surface area contributed by atoms with E-state index in [1.54, 1.807) is 0 Å². The van der Waals surface area contributed by atoms with Gasteiger partial charge in [-0.15, -0.1) is 0 Å². The highest BCUT2D eigenvalue weighted by molar-refractivity contribution is 5.37. The summed E-state index contributed by atoms with van der Waals surface area (Å²) in [4.78, 5) is 2.49. The molecule has 0 aromatic heterocycles. The van der Waals surface area contributed by atoms with Gasteiger partial charge in [-0.3, -0.25) is 0 Å². The van der Waals surface area contributed by atoms with Gasteiger partial charge in [0.25, 0.3) is 0 Å². The molecule has 1 aromatic rings. The number of nitrogens with one attached hydrogen (secondary N) is 1. The first-order valence-electron chi connectivity index (χ1n) is 6.23. The van der Waals surface area contributed by atoms with E-state index >= 15 is 0 Å². The van der Waals surface area contributed by atoms with Crippen molar-refractivity contribution in [3.8, 4) is 0 Å². The maximum Gasteiger partial charge on any atom is 0.0481 e. The molecule has 1 aliphatic rings. The van der Waals surface area contributed by atoms with Gasteiger partial charge in [-0.05, 0) is 44.6 Å². The monoisotopic (exact) mass is 218 g/mol. The minimum Gasteiger partial charge on any atom is -0.312 e. The molecule has 1 aliphatic carbocycles. The Morgan fingerprint density at radius 1 is 1.38 bits per heavy atom.